The highest BCUT2D eigenvalue weighted by Gasteiger charge is 2.03. The zero-order chi connectivity index (χ0) is 10.8. The molecule has 1 aromatic carbocycles. The van der Waals surface area contributed by atoms with Gasteiger partial charge in [-0.1, -0.05) is 18.2 Å². The van der Waals surface area contributed by atoms with Crippen molar-refractivity contribution in [3.8, 4) is 0 Å². The van der Waals surface area contributed by atoms with Gasteiger partial charge in [0.25, 0.3) is 5.56 Å². The molecule has 0 fully saturated rings. The van der Waals surface area contributed by atoms with E-state index in [1.165, 1.54) is 6.20 Å². The number of aromatic amines is 1. The Morgan fingerprint density at radius 1 is 1.33 bits per heavy atom. The fourth-order valence-corrected chi connectivity index (χ4v) is 1.45. The number of hydrogen-bond donors (Lipinski definition) is 3. The Kier molecular flexibility index (Phi) is 2.17. The highest BCUT2D eigenvalue weighted by Crippen LogP contribution is 2.12. The van der Waals surface area contributed by atoms with E-state index in [-0.39, 0.29) is 11.3 Å². The van der Waals surface area contributed by atoms with Crippen LogP contribution < -0.4 is 17.0 Å². The van der Waals surface area contributed by atoms with Gasteiger partial charge in [-0.2, -0.15) is 0 Å². The van der Waals surface area contributed by atoms with Crippen molar-refractivity contribution in [1.29, 1.82) is 0 Å². The summed E-state index contributed by atoms with van der Waals surface area (Å²) in [4.78, 5) is 14.3. The zero-order valence-electron chi connectivity index (χ0n) is 8.03. The lowest BCUT2D eigenvalue weighted by Crippen LogP contribution is -2.15. The third-order valence-electron chi connectivity index (χ3n) is 2.24. The molecule has 0 aliphatic heterocycles. The molecule has 15 heavy (non-hydrogen) atoms. The summed E-state index contributed by atoms with van der Waals surface area (Å²) in [5, 5.41) is 0.928. The minimum atomic E-state index is -0.229. The van der Waals surface area contributed by atoms with E-state index in [9.17, 15) is 4.79 Å². The van der Waals surface area contributed by atoms with E-state index >= 15 is 0 Å². The predicted octanol–water partition coefficient (Wildman–Crippen LogP) is 0.744. The van der Waals surface area contributed by atoms with Crippen LogP contribution >= 0.6 is 0 Å². The third kappa shape index (κ3) is 1.57. The molecule has 4 nitrogen and oxygen atoms in total. The van der Waals surface area contributed by atoms with Gasteiger partial charge in [-0.3, -0.25) is 4.79 Å². The van der Waals surface area contributed by atoms with Gasteiger partial charge in [0, 0.05) is 11.7 Å². The van der Waals surface area contributed by atoms with Crippen LogP contribution in [0.15, 0.2) is 41.3 Å². The highest BCUT2D eigenvalue weighted by molar-refractivity contribution is 5.81. The predicted molar refractivity (Wildman–Crippen MR) is 60.9 cm³/mol. The molecule has 0 atom stereocenters. The van der Waals surface area contributed by atoms with Crippen LogP contribution in [0.5, 0.6) is 0 Å². The molecule has 2 aromatic rings. The minimum Gasteiger partial charge on any atom is -0.403 e. The molecular formula is C11H11N3O. The molecule has 4 heteroatoms. The van der Waals surface area contributed by atoms with Crippen LogP contribution in [0.3, 0.4) is 0 Å². The zero-order valence-corrected chi connectivity index (χ0v) is 8.03. The van der Waals surface area contributed by atoms with Crippen LogP contribution in [0, 0.1) is 0 Å². The Bertz CT molecular complexity index is 584. The molecule has 0 saturated heterocycles. The average molecular weight is 201 g/mol. The number of para-hydroxylation sites is 1. The standard InChI is InChI=1S/C11H11N3O/c12-6-9(13)8-5-7-3-1-2-4-10(7)14-11(8)15/h1-6H,12-13H2,(H,14,15)/b9-6-. The number of benzene rings is 1. The van der Waals surface area contributed by atoms with Gasteiger partial charge >= 0.3 is 0 Å². The summed E-state index contributed by atoms with van der Waals surface area (Å²) in [5.74, 6) is 0. The van der Waals surface area contributed by atoms with Crippen LogP contribution in [0.2, 0.25) is 0 Å². The van der Waals surface area contributed by atoms with Crippen LogP contribution in [0.25, 0.3) is 16.6 Å². The van der Waals surface area contributed by atoms with Gasteiger partial charge in [-0.15, -0.1) is 0 Å². The quantitative estimate of drug-likeness (QED) is 0.636. The summed E-state index contributed by atoms with van der Waals surface area (Å²) >= 11 is 0. The van der Waals surface area contributed by atoms with Crippen LogP contribution in [-0.4, -0.2) is 4.98 Å². The molecule has 1 aromatic heterocycles. The topological polar surface area (TPSA) is 84.9 Å². The molecule has 5 N–H and O–H groups in total. The van der Waals surface area contributed by atoms with E-state index in [1.807, 2.05) is 24.3 Å². The van der Waals surface area contributed by atoms with Gasteiger partial charge in [-0.05, 0) is 17.5 Å². The Labute approximate surface area is 86.2 Å². The van der Waals surface area contributed by atoms with E-state index in [2.05, 4.69) is 4.98 Å². The summed E-state index contributed by atoms with van der Waals surface area (Å²) in [6.07, 6.45) is 1.22. The SMILES string of the molecule is N/C=C(\N)c1cc2ccccc2[nH]c1=O. The summed E-state index contributed by atoms with van der Waals surface area (Å²) in [5.41, 5.74) is 12.1. The van der Waals surface area contributed by atoms with Crippen molar-refractivity contribution in [2.45, 2.75) is 0 Å². The number of H-pyrrole nitrogens is 1. The van der Waals surface area contributed by atoms with E-state index in [1.54, 1.807) is 6.07 Å². The first-order chi connectivity index (χ1) is 7.22. The largest absolute Gasteiger partial charge is 0.403 e. The maximum Gasteiger partial charge on any atom is 0.257 e. The second kappa shape index (κ2) is 3.49. The van der Waals surface area contributed by atoms with Gasteiger partial charge in [-0.25, -0.2) is 0 Å². The number of nitrogens with one attached hydrogen (secondary N) is 1. The van der Waals surface area contributed by atoms with Crippen molar-refractivity contribution < 1.29 is 0 Å². The summed E-state index contributed by atoms with van der Waals surface area (Å²) in [6.45, 7) is 0. The van der Waals surface area contributed by atoms with Crippen molar-refractivity contribution in [1.82, 2.24) is 4.98 Å². The monoisotopic (exact) mass is 201 g/mol. The summed E-state index contributed by atoms with van der Waals surface area (Å²) in [6, 6.07) is 9.22. The molecule has 76 valence electrons. The third-order valence-corrected chi connectivity index (χ3v) is 2.24. The molecular weight excluding hydrogens is 190 g/mol. The fraction of sp³-hybridized carbons (Fsp3) is 0. The summed E-state index contributed by atoms with van der Waals surface area (Å²) < 4.78 is 0. The van der Waals surface area contributed by atoms with Crippen molar-refractivity contribution in [2.24, 2.45) is 11.5 Å². The molecule has 0 bridgehead atoms. The van der Waals surface area contributed by atoms with Crippen molar-refractivity contribution >= 4 is 16.6 Å². The molecule has 2 rings (SSSR count). The molecule has 0 saturated carbocycles. The van der Waals surface area contributed by atoms with Gasteiger partial charge in [0.2, 0.25) is 0 Å². The van der Waals surface area contributed by atoms with Crippen LogP contribution in [-0.2, 0) is 0 Å². The van der Waals surface area contributed by atoms with Crippen LogP contribution in [0.4, 0.5) is 0 Å². The average Bonchev–Trinajstić information content (AvgIpc) is 2.27. The Morgan fingerprint density at radius 3 is 2.80 bits per heavy atom. The number of pyridine rings is 1. The Balaban J connectivity index is 2.78. The van der Waals surface area contributed by atoms with Gasteiger partial charge < -0.3 is 16.5 Å². The van der Waals surface area contributed by atoms with E-state index in [0.29, 0.717) is 5.56 Å². The maximum absolute atomic E-state index is 11.6. The lowest BCUT2D eigenvalue weighted by molar-refractivity contribution is 1.26. The normalized spacial score (nSPS) is 11.9. The number of nitrogens with two attached hydrogens (primary N) is 2. The molecule has 0 aliphatic carbocycles. The summed E-state index contributed by atoms with van der Waals surface area (Å²) in [7, 11) is 0. The van der Waals surface area contributed by atoms with Gasteiger partial charge in [0.1, 0.15) is 0 Å². The molecule has 0 unspecified atom stereocenters. The van der Waals surface area contributed by atoms with Crippen molar-refractivity contribution in [3.63, 3.8) is 0 Å². The first kappa shape index (κ1) is 9.33. The van der Waals surface area contributed by atoms with Crippen molar-refractivity contribution in [3.05, 3.63) is 52.4 Å². The second-order valence-electron chi connectivity index (χ2n) is 3.22. The smallest absolute Gasteiger partial charge is 0.257 e. The number of aromatic nitrogens is 1. The fourth-order valence-electron chi connectivity index (χ4n) is 1.45. The first-order valence-corrected chi connectivity index (χ1v) is 4.52. The Hall–Kier alpha value is -2.23. The highest BCUT2D eigenvalue weighted by atomic mass is 16.1. The number of hydrogen-bond acceptors (Lipinski definition) is 3. The second-order valence-corrected chi connectivity index (χ2v) is 3.22. The Morgan fingerprint density at radius 2 is 2.07 bits per heavy atom. The molecule has 0 spiro atoms. The first-order valence-electron chi connectivity index (χ1n) is 4.52. The molecule has 0 amide bonds. The van der Waals surface area contributed by atoms with Crippen molar-refractivity contribution in [2.75, 3.05) is 0 Å². The van der Waals surface area contributed by atoms with Crippen LogP contribution in [0.1, 0.15) is 5.56 Å². The van der Waals surface area contributed by atoms with Gasteiger partial charge in [0.15, 0.2) is 0 Å². The molecule has 1 heterocycles. The lowest BCUT2D eigenvalue weighted by atomic mass is 10.1. The van der Waals surface area contributed by atoms with E-state index in [0.717, 1.165) is 10.9 Å². The van der Waals surface area contributed by atoms with E-state index in [4.69, 9.17) is 11.5 Å². The lowest BCUT2D eigenvalue weighted by Gasteiger charge is -2.02. The number of rotatable bonds is 1. The van der Waals surface area contributed by atoms with Gasteiger partial charge in [0.05, 0.1) is 11.3 Å². The van der Waals surface area contributed by atoms with E-state index < -0.39 is 0 Å². The molecule has 0 aliphatic rings. The maximum atomic E-state index is 11.6. The minimum absolute atomic E-state index is 0.229. The molecule has 0 radical (unpaired) electrons. The number of fused-ring (bicyclic) bond motifs is 1.